The number of carbonyl (C=O) groups is 1. The van der Waals surface area contributed by atoms with Crippen molar-refractivity contribution >= 4 is 49.1 Å². The van der Waals surface area contributed by atoms with E-state index in [0.29, 0.717) is 5.02 Å². The molecule has 1 N–H and O–H groups in total. The van der Waals surface area contributed by atoms with E-state index in [1.165, 1.54) is 11.1 Å². The van der Waals surface area contributed by atoms with Gasteiger partial charge in [-0.2, -0.15) is 0 Å². The summed E-state index contributed by atoms with van der Waals surface area (Å²) in [6.07, 6.45) is 4.08. The van der Waals surface area contributed by atoms with Crippen molar-refractivity contribution in [1.29, 1.82) is 0 Å². The number of amides is 1. The Morgan fingerprint density at radius 1 is 0.949 bits per heavy atom. The van der Waals surface area contributed by atoms with Crippen molar-refractivity contribution in [2.45, 2.75) is 24.5 Å². The van der Waals surface area contributed by atoms with E-state index in [9.17, 15) is 21.6 Å². The molecule has 0 spiro atoms. The number of anilines is 1. The van der Waals surface area contributed by atoms with Crippen LogP contribution in [0.5, 0.6) is 0 Å². The predicted molar refractivity (Wildman–Crippen MR) is 156 cm³/mol. The first kappa shape index (κ1) is 27.4. The lowest BCUT2D eigenvalue weighted by Gasteiger charge is -2.30. The molecule has 0 aromatic heterocycles. The molecule has 10 heteroatoms. The van der Waals surface area contributed by atoms with Gasteiger partial charge in [-0.3, -0.25) is 4.79 Å². The molecule has 0 radical (unpaired) electrons. The largest absolute Gasteiger partial charge is 0.371 e. The molecule has 3 aromatic rings. The monoisotopic (exact) mass is 584 g/mol. The van der Waals surface area contributed by atoms with Gasteiger partial charge in [0.15, 0.2) is 9.84 Å². The van der Waals surface area contributed by atoms with Crippen molar-refractivity contribution in [3.63, 3.8) is 0 Å². The van der Waals surface area contributed by atoms with Crippen molar-refractivity contribution < 1.29 is 21.6 Å². The molecule has 3 aromatic carbocycles. The molecule has 5 rings (SSSR count). The number of halogens is 1. The van der Waals surface area contributed by atoms with Crippen LogP contribution in [-0.4, -0.2) is 52.6 Å². The summed E-state index contributed by atoms with van der Waals surface area (Å²) >= 11 is 6.06. The van der Waals surface area contributed by atoms with Crippen molar-refractivity contribution in [1.82, 2.24) is 4.72 Å². The topological polar surface area (TPSA) is 101 Å². The number of benzene rings is 3. The van der Waals surface area contributed by atoms with Crippen LogP contribution in [0.4, 0.5) is 5.69 Å². The van der Waals surface area contributed by atoms with Gasteiger partial charge < -0.3 is 4.90 Å². The lowest BCUT2D eigenvalue weighted by atomic mass is 9.95. The summed E-state index contributed by atoms with van der Waals surface area (Å²) in [6.45, 7) is 1.65. The van der Waals surface area contributed by atoms with Crippen molar-refractivity contribution in [2.24, 2.45) is 0 Å². The third-order valence-corrected chi connectivity index (χ3v) is 11.2. The summed E-state index contributed by atoms with van der Waals surface area (Å²) < 4.78 is 50.3. The van der Waals surface area contributed by atoms with Gasteiger partial charge in [0.1, 0.15) is 0 Å². The fraction of sp³-hybridized carbons (Fsp3) is 0.276. The predicted octanol–water partition coefficient (Wildman–Crippen LogP) is 4.94. The minimum absolute atomic E-state index is 0.00198. The third kappa shape index (κ3) is 6.54. The van der Waals surface area contributed by atoms with Crippen LogP contribution in [0.25, 0.3) is 17.2 Å². The van der Waals surface area contributed by atoms with Gasteiger partial charge in [-0.05, 0) is 72.4 Å². The first-order chi connectivity index (χ1) is 18.6. The van der Waals surface area contributed by atoms with Crippen molar-refractivity contribution in [2.75, 3.05) is 29.5 Å². The number of sulfone groups is 1. The Hall–Kier alpha value is -3.14. The highest BCUT2D eigenvalue weighted by atomic mass is 35.5. The second-order valence-corrected chi connectivity index (χ2v) is 14.6. The van der Waals surface area contributed by atoms with Crippen molar-refractivity contribution in [3.05, 3.63) is 94.5 Å². The van der Waals surface area contributed by atoms with E-state index < -0.39 is 36.8 Å². The van der Waals surface area contributed by atoms with E-state index in [1.807, 2.05) is 53.3 Å². The van der Waals surface area contributed by atoms with E-state index in [1.54, 1.807) is 12.1 Å². The molecule has 204 valence electrons. The average molecular weight is 585 g/mol. The normalized spacial score (nSPS) is 19.1. The zero-order valence-electron chi connectivity index (χ0n) is 21.2. The van der Waals surface area contributed by atoms with E-state index in [4.69, 9.17) is 11.6 Å². The number of rotatable bonds is 6. The van der Waals surface area contributed by atoms with Crippen LogP contribution in [0.2, 0.25) is 5.02 Å². The average Bonchev–Trinajstić information content (AvgIpc) is 3.30. The van der Waals surface area contributed by atoms with Crippen LogP contribution in [-0.2, 0) is 19.9 Å². The molecule has 2 saturated heterocycles. The van der Waals surface area contributed by atoms with Gasteiger partial charge in [-0.25, -0.2) is 21.6 Å². The molecule has 2 heterocycles. The maximum atomic E-state index is 12.6. The lowest BCUT2D eigenvalue weighted by molar-refractivity contribution is 0.0981. The number of piperidine rings is 1. The Labute approximate surface area is 234 Å². The minimum atomic E-state index is -4.07. The molecular formula is C29H29ClN2O5S2. The van der Waals surface area contributed by atoms with Crippen LogP contribution in [0, 0.1) is 0 Å². The molecule has 1 atom stereocenters. The zero-order chi connectivity index (χ0) is 27.6. The summed E-state index contributed by atoms with van der Waals surface area (Å²) in [5.74, 6) is -1.38. The van der Waals surface area contributed by atoms with E-state index in [2.05, 4.69) is 23.1 Å². The van der Waals surface area contributed by atoms with Gasteiger partial charge in [0, 0.05) is 29.4 Å². The first-order valence-electron chi connectivity index (χ1n) is 12.8. The number of carbonyl (C=O) groups excluding carboxylic acids is 1. The van der Waals surface area contributed by atoms with E-state index in [0.717, 1.165) is 42.7 Å². The Kier molecular flexibility index (Phi) is 7.84. The molecule has 1 unspecified atom stereocenters. The highest BCUT2D eigenvalue weighted by Gasteiger charge is 2.38. The summed E-state index contributed by atoms with van der Waals surface area (Å²) in [7, 11) is -7.44. The van der Waals surface area contributed by atoms with Crippen LogP contribution in [0.15, 0.2) is 78.4 Å². The number of hydrogen-bond acceptors (Lipinski definition) is 6. The van der Waals surface area contributed by atoms with E-state index in [-0.39, 0.29) is 17.7 Å². The van der Waals surface area contributed by atoms with Crippen molar-refractivity contribution in [3.8, 4) is 11.1 Å². The van der Waals surface area contributed by atoms with Crippen LogP contribution >= 0.6 is 11.6 Å². The SMILES string of the molecule is O=C(NS(=O)(=O)C1CCS(=O)(=O)C1)c1ccc(N2CCC(=Cc3ccccc3-c3ccc(Cl)cc3)CC2)cc1. The quantitative estimate of drug-likeness (QED) is 0.441. The maximum Gasteiger partial charge on any atom is 0.264 e. The van der Waals surface area contributed by atoms with Gasteiger partial charge in [-0.15, -0.1) is 0 Å². The maximum absolute atomic E-state index is 12.6. The summed E-state index contributed by atoms with van der Waals surface area (Å²) in [5, 5.41) is -0.387. The smallest absolute Gasteiger partial charge is 0.264 e. The Balaban J connectivity index is 1.21. The number of hydrogen-bond donors (Lipinski definition) is 1. The number of sulfonamides is 1. The molecule has 2 aliphatic heterocycles. The highest BCUT2D eigenvalue weighted by Crippen LogP contribution is 2.30. The number of nitrogens with zero attached hydrogens (tertiary/aromatic N) is 1. The molecule has 2 fully saturated rings. The number of nitrogens with one attached hydrogen (secondary N) is 1. The molecule has 7 nitrogen and oxygen atoms in total. The van der Waals surface area contributed by atoms with Crippen LogP contribution in [0.1, 0.15) is 35.2 Å². The van der Waals surface area contributed by atoms with Gasteiger partial charge in [-0.1, -0.05) is 59.6 Å². The molecule has 1 amide bonds. The molecule has 0 saturated carbocycles. The third-order valence-electron chi connectivity index (χ3n) is 7.24. The second-order valence-electron chi connectivity index (χ2n) is 9.93. The second kappa shape index (κ2) is 11.2. The first-order valence-corrected chi connectivity index (χ1v) is 16.5. The fourth-order valence-corrected chi connectivity index (χ4v) is 9.16. The summed E-state index contributed by atoms with van der Waals surface area (Å²) in [5.41, 5.74) is 5.98. The lowest BCUT2D eigenvalue weighted by Crippen LogP contribution is -2.39. The Morgan fingerprint density at radius 2 is 1.62 bits per heavy atom. The molecule has 0 aliphatic carbocycles. The fourth-order valence-electron chi connectivity index (χ4n) is 5.03. The summed E-state index contributed by atoms with van der Waals surface area (Å²) in [4.78, 5) is 14.8. The molecule has 2 aliphatic rings. The van der Waals surface area contributed by atoms with Crippen LogP contribution in [0.3, 0.4) is 0 Å². The van der Waals surface area contributed by atoms with Gasteiger partial charge in [0.05, 0.1) is 16.8 Å². The zero-order valence-corrected chi connectivity index (χ0v) is 23.6. The minimum Gasteiger partial charge on any atom is -0.371 e. The van der Waals surface area contributed by atoms with Crippen LogP contribution < -0.4 is 9.62 Å². The molecular weight excluding hydrogens is 556 g/mol. The standard InChI is InChI=1S/C29H29ClN2O5S2/c30-25-9-5-22(6-10-25)28-4-2-1-3-24(28)19-21-13-16-32(17-14-21)26-11-7-23(8-12-26)29(33)31-39(36,37)27-15-18-38(34,35)20-27/h1-12,19,27H,13-18,20H2,(H,31,33). The van der Waals surface area contributed by atoms with E-state index >= 15 is 0 Å². The van der Waals surface area contributed by atoms with Gasteiger partial charge >= 0.3 is 0 Å². The Morgan fingerprint density at radius 3 is 2.26 bits per heavy atom. The molecule has 39 heavy (non-hydrogen) atoms. The highest BCUT2D eigenvalue weighted by molar-refractivity contribution is 7.95. The Bertz CT molecular complexity index is 1610. The summed E-state index contributed by atoms with van der Waals surface area (Å²) in [6, 6.07) is 23.0. The molecule has 0 bridgehead atoms. The van der Waals surface area contributed by atoms with Gasteiger partial charge in [0.2, 0.25) is 10.0 Å². The van der Waals surface area contributed by atoms with Gasteiger partial charge in [0.25, 0.3) is 5.91 Å².